The van der Waals surface area contributed by atoms with E-state index in [2.05, 4.69) is 11.3 Å². The molecule has 0 radical (unpaired) electrons. The Hall–Kier alpha value is -1.77. The third kappa shape index (κ3) is 3.31. The molecule has 0 N–H and O–H groups in total. The Kier molecular flexibility index (Phi) is 3.73. The van der Waals surface area contributed by atoms with E-state index in [-0.39, 0.29) is 5.97 Å². The molecule has 1 aliphatic rings. The van der Waals surface area contributed by atoms with E-state index in [1.807, 2.05) is 24.3 Å². The molecule has 0 aliphatic carbocycles. The number of benzene rings is 1. The van der Waals surface area contributed by atoms with E-state index in [0.29, 0.717) is 6.61 Å². The lowest BCUT2D eigenvalue weighted by Gasteiger charge is -1.90. The molecule has 1 heterocycles. The molecule has 0 unspecified atom stereocenters. The maximum atomic E-state index is 10.1. The number of para-hydroxylation sites is 2. The molecule has 3 nitrogen and oxygen atoms in total. The summed E-state index contributed by atoms with van der Waals surface area (Å²) in [6, 6.07) is 7.84. The highest BCUT2D eigenvalue weighted by atomic mass is 16.6. The first kappa shape index (κ1) is 10.3. The van der Waals surface area contributed by atoms with Gasteiger partial charge in [-0.25, -0.2) is 4.79 Å². The van der Waals surface area contributed by atoms with E-state index in [0.717, 1.165) is 17.6 Å². The lowest BCUT2D eigenvalue weighted by atomic mass is 10.4. The summed E-state index contributed by atoms with van der Waals surface area (Å²) in [7, 11) is 0. The third-order valence-corrected chi connectivity index (χ3v) is 1.48. The summed E-state index contributed by atoms with van der Waals surface area (Å²) in [5.41, 5.74) is 0. The van der Waals surface area contributed by atoms with Gasteiger partial charge in [0.2, 0.25) is 0 Å². The fourth-order valence-corrected chi connectivity index (χ4v) is 0.812. The largest absolute Gasteiger partial charge is 0.463 e. The molecule has 0 aromatic heterocycles. The number of carbonyl (C=O) groups excluding carboxylic acids is 1. The Morgan fingerprint density at radius 3 is 2.36 bits per heavy atom. The number of carbonyl (C=O) groups is 1. The molecular weight excluding hydrogens is 180 g/mol. The van der Waals surface area contributed by atoms with Crippen LogP contribution in [0.25, 0.3) is 0 Å². The van der Waals surface area contributed by atoms with Crippen molar-refractivity contribution in [2.45, 2.75) is 6.92 Å². The molecule has 74 valence electrons. The highest BCUT2D eigenvalue weighted by Crippen LogP contribution is 2.43. The molecule has 0 saturated carbocycles. The highest BCUT2D eigenvalue weighted by Gasteiger charge is 2.15. The zero-order chi connectivity index (χ0) is 10.4. The Morgan fingerprint density at radius 2 is 2.07 bits per heavy atom. The van der Waals surface area contributed by atoms with E-state index in [9.17, 15) is 4.79 Å². The van der Waals surface area contributed by atoms with E-state index < -0.39 is 0 Å². The van der Waals surface area contributed by atoms with E-state index in [4.69, 9.17) is 4.74 Å². The predicted octanol–water partition coefficient (Wildman–Crippen LogP) is 2.53. The SMILES string of the molecule is C=CC(=O)OCC.c1ccc2c(c1)O2. The Labute approximate surface area is 83.0 Å². The van der Waals surface area contributed by atoms with Gasteiger partial charge in [-0.1, -0.05) is 18.7 Å². The van der Waals surface area contributed by atoms with Crippen LogP contribution in [0.4, 0.5) is 0 Å². The van der Waals surface area contributed by atoms with Crippen LogP contribution in [-0.2, 0) is 9.53 Å². The van der Waals surface area contributed by atoms with E-state index >= 15 is 0 Å². The topological polar surface area (TPSA) is 38.8 Å². The van der Waals surface area contributed by atoms with Crippen LogP contribution in [0.15, 0.2) is 36.9 Å². The van der Waals surface area contributed by atoms with Gasteiger partial charge in [-0.05, 0) is 19.1 Å². The Balaban J connectivity index is 0.000000140. The van der Waals surface area contributed by atoms with Crippen LogP contribution in [0.1, 0.15) is 6.92 Å². The average Bonchev–Trinajstić information content (AvgIpc) is 2.97. The fraction of sp³-hybridized carbons (Fsp3) is 0.182. The standard InChI is InChI=1S/C6H4O.C5H8O2/c1-2-4-6-5(3-1)7-6;1-3-5(6)7-4-2/h1-4H;3H,1,4H2,2H3. The van der Waals surface area contributed by atoms with Crippen molar-refractivity contribution in [1.82, 2.24) is 0 Å². The molecule has 3 heteroatoms. The van der Waals surface area contributed by atoms with Crippen molar-refractivity contribution in [2.75, 3.05) is 6.61 Å². The van der Waals surface area contributed by atoms with Gasteiger partial charge in [0, 0.05) is 6.08 Å². The van der Waals surface area contributed by atoms with Gasteiger partial charge in [0.1, 0.15) is 0 Å². The quantitative estimate of drug-likeness (QED) is 0.417. The number of esters is 1. The molecular formula is C11H12O3. The first-order valence-corrected chi connectivity index (χ1v) is 4.34. The Morgan fingerprint density at radius 1 is 1.50 bits per heavy atom. The van der Waals surface area contributed by atoms with Crippen molar-refractivity contribution >= 4 is 5.97 Å². The van der Waals surface area contributed by atoms with Gasteiger partial charge < -0.3 is 9.47 Å². The fourth-order valence-electron chi connectivity index (χ4n) is 0.812. The van der Waals surface area contributed by atoms with Crippen molar-refractivity contribution in [3.8, 4) is 11.5 Å². The normalized spacial score (nSPS) is 9.79. The van der Waals surface area contributed by atoms with Crippen LogP contribution in [0.3, 0.4) is 0 Å². The van der Waals surface area contributed by atoms with Crippen molar-refractivity contribution in [1.29, 1.82) is 0 Å². The van der Waals surface area contributed by atoms with Crippen molar-refractivity contribution < 1.29 is 14.3 Å². The van der Waals surface area contributed by atoms with Gasteiger partial charge in [-0.15, -0.1) is 0 Å². The number of fused-ring (bicyclic) bond motifs is 1. The minimum atomic E-state index is -0.359. The van der Waals surface area contributed by atoms with Crippen molar-refractivity contribution in [3.63, 3.8) is 0 Å². The summed E-state index contributed by atoms with van der Waals surface area (Å²) in [6.45, 7) is 5.38. The zero-order valence-electron chi connectivity index (χ0n) is 8.03. The monoisotopic (exact) mass is 192 g/mol. The van der Waals surface area contributed by atoms with E-state index in [1.54, 1.807) is 6.92 Å². The number of rotatable bonds is 2. The van der Waals surface area contributed by atoms with Crippen LogP contribution in [0.2, 0.25) is 0 Å². The zero-order valence-corrected chi connectivity index (χ0v) is 8.03. The summed E-state index contributed by atoms with van der Waals surface area (Å²) >= 11 is 0. The second-order valence-electron chi connectivity index (χ2n) is 2.50. The molecule has 14 heavy (non-hydrogen) atoms. The van der Waals surface area contributed by atoms with Crippen LogP contribution in [0, 0.1) is 0 Å². The first-order valence-electron chi connectivity index (χ1n) is 4.34. The summed E-state index contributed by atoms with van der Waals surface area (Å²) in [5.74, 6) is 1.70. The highest BCUT2D eigenvalue weighted by molar-refractivity contribution is 5.81. The van der Waals surface area contributed by atoms with Crippen LogP contribution in [0.5, 0.6) is 11.5 Å². The molecule has 0 fully saturated rings. The average molecular weight is 192 g/mol. The minimum absolute atomic E-state index is 0.359. The van der Waals surface area contributed by atoms with Crippen molar-refractivity contribution in [3.05, 3.63) is 36.9 Å². The summed E-state index contributed by atoms with van der Waals surface area (Å²) in [6.07, 6.45) is 1.14. The second-order valence-corrected chi connectivity index (χ2v) is 2.50. The van der Waals surface area contributed by atoms with Gasteiger partial charge in [-0.2, -0.15) is 0 Å². The van der Waals surface area contributed by atoms with E-state index in [1.165, 1.54) is 0 Å². The molecule has 0 bridgehead atoms. The minimum Gasteiger partial charge on any atom is -0.463 e. The van der Waals surface area contributed by atoms with Gasteiger partial charge in [0.15, 0.2) is 11.5 Å². The van der Waals surface area contributed by atoms with Crippen LogP contribution < -0.4 is 4.74 Å². The molecule has 1 aromatic rings. The molecule has 2 rings (SSSR count). The van der Waals surface area contributed by atoms with Crippen LogP contribution >= 0.6 is 0 Å². The summed E-state index contributed by atoms with van der Waals surface area (Å²) < 4.78 is 9.37. The first-order chi connectivity index (χ1) is 6.77. The predicted molar refractivity (Wildman–Crippen MR) is 53.3 cm³/mol. The molecule has 0 saturated heterocycles. The smallest absolute Gasteiger partial charge is 0.330 e. The molecule has 0 amide bonds. The lowest BCUT2D eigenvalue weighted by Crippen LogP contribution is -1.97. The van der Waals surface area contributed by atoms with Gasteiger partial charge in [-0.3, -0.25) is 0 Å². The molecule has 1 aromatic carbocycles. The summed E-state index contributed by atoms with van der Waals surface area (Å²) in [4.78, 5) is 10.1. The number of ether oxygens (including phenoxy) is 2. The number of hydrogen-bond acceptors (Lipinski definition) is 3. The maximum Gasteiger partial charge on any atom is 0.330 e. The maximum absolute atomic E-state index is 10.1. The van der Waals surface area contributed by atoms with Gasteiger partial charge in [0.25, 0.3) is 0 Å². The Bertz CT molecular complexity index is 310. The number of hydrogen-bond donors (Lipinski definition) is 0. The third-order valence-electron chi connectivity index (χ3n) is 1.48. The van der Waals surface area contributed by atoms with Crippen molar-refractivity contribution in [2.24, 2.45) is 0 Å². The molecule has 1 aliphatic heterocycles. The van der Waals surface area contributed by atoms with Gasteiger partial charge >= 0.3 is 5.97 Å². The molecule has 0 spiro atoms. The van der Waals surface area contributed by atoms with Gasteiger partial charge in [0.05, 0.1) is 6.61 Å². The molecule has 0 atom stereocenters. The van der Waals surface area contributed by atoms with Crippen LogP contribution in [-0.4, -0.2) is 12.6 Å². The second kappa shape index (κ2) is 5.07. The summed E-state index contributed by atoms with van der Waals surface area (Å²) in [5, 5.41) is 0. The lowest BCUT2D eigenvalue weighted by molar-refractivity contribution is -0.137.